The number of carboxylic acids is 1. The van der Waals surface area contributed by atoms with Crippen molar-refractivity contribution in [3.63, 3.8) is 0 Å². The Morgan fingerprint density at radius 2 is 1.93 bits per heavy atom. The molecular weight excluding hydrogens is 630 g/mol. The van der Waals surface area contributed by atoms with Crippen LogP contribution in [-0.4, -0.2) is 66.9 Å². The topological polar surface area (TPSA) is 110 Å². The second-order valence-corrected chi connectivity index (χ2v) is 12.1. The molecular formula is C32H28ClF4N5O4. The van der Waals surface area contributed by atoms with E-state index in [0.29, 0.717) is 25.1 Å². The van der Waals surface area contributed by atoms with E-state index in [1.54, 1.807) is 30.7 Å². The molecule has 0 unspecified atom stereocenters. The molecule has 2 aliphatic carbocycles. The minimum absolute atomic E-state index is 0.0152. The summed E-state index contributed by atoms with van der Waals surface area (Å²) in [6.07, 6.45) is 0.562. The fourth-order valence-corrected chi connectivity index (χ4v) is 6.49. The maximum absolute atomic E-state index is 15.3. The Balaban J connectivity index is 1.42. The van der Waals surface area contributed by atoms with Crippen molar-refractivity contribution in [1.82, 2.24) is 24.2 Å². The number of aromatic nitrogens is 4. The Bertz CT molecular complexity index is 1850. The zero-order valence-electron chi connectivity index (χ0n) is 24.5. The molecule has 0 spiro atoms. The van der Waals surface area contributed by atoms with Crippen LogP contribution in [0.5, 0.6) is 0 Å². The molecule has 1 N–H and O–H groups in total. The van der Waals surface area contributed by atoms with Gasteiger partial charge in [-0.05, 0) is 55.5 Å². The number of nitrogens with zero attached hydrogens (tertiary/aromatic N) is 5. The van der Waals surface area contributed by atoms with Crippen molar-refractivity contribution in [3.05, 3.63) is 93.9 Å². The van der Waals surface area contributed by atoms with Crippen molar-refractivity contribution in [3.8, 4) is 11.3 Å². The minimum atomic E-state index is -4.63. The second-order valence-electron chi connectivity index (χ2n) is 11.7. The standard InChI is InChI=1S/C32H28ClF4N5O4/c1-40(13-14-41-12-11-38-17-41)28(43)18-5-8-21-25(16-18)42(39-27(21)20-7-6-19(30(45)46)15-24(20)34)29(44)26-22(3-2-4-23(26)33)31(9-10-31)32(35,36)37/h2-4,6-7,11-12,15,17-18H,5,8-10,13-14,16H2,1H3,(H,45,46)/t18-/m0/s1. The molecule has 1 atom stereocenters. The molecule has 2 aromatic heterocycles. The summed E-state index contributed by atoms with van der Waals surface area (Å²) in [4.78, 5) is 44.8. The van der Waals surface area contributed by atoms with Gasteiger partial charge >= 0.3 is 12.1 Å². The van der Waals surface area contributed by atoms with E-state index >= 15 is 4.39 Å². The number of aromatic carboxylic acids is 1. The first-order valence-corrected chi connectivity index (χ1v) is 15.0. The van der Waals surface area contributed by atoms with E-state index in [9.17, 15) is 32.7 Å². The van der Waals surface area contributed by atoms with E-state index in [0.717, 1.165) is 10.7 Å². The molecule has 240 valence electrons. The van der Waals surface area contributed by atoms with E-state index in [4.69, 9.17) is 11.6 Å². The summed E-state index contributed by atoms with van der Waals surface area (Å²) >= 11 is 6.42. The third kappa shape index (κ3) is 5.46. The van der Waals surface area contributed by atoms with E-state index in [2.05, 4.69) is 10.1 Å². The highest BCUT2D eigenvalue weighted by molar-refractivity contribution is 6.34. The zero-order valence-corrected chi connectivity index (χ0v) is 25.3. The molecule has 1 saturated carbocycles. The third-order valence-electron chi connectivity index (χ3n) is 8.95. The SMILES string of the molecule is CN(CCn1ccnc1)C(=O)[C@H]1CCc2c(-c3ccc(C(=O)O)cc3F)nn(C(=O)c3c(Cl)cccc3C3(C(F)(F)F)CC3)c2C1. The number of carbonyl (C=O) groups excluding carboxylic acids is 2. The molecule has 0 saturated heterocycles. The number of halogens is 5. The van der Waals surface area contributed by atoms with Crippen molar-refractivity contribution in [2.45, 2.75) is 50.2 Å². The van der Waals surface area contributed by atoms with Crippen LogP contribution in [-0.2, 0) is 29.6 Å². The quantitative estimate of drug-likeness (QED) is 0.241. The number of carbonyl (C=O) groups is 3. The minimum Gasteiger partial charge on any atom is -0.478 e. The average Bonchev–Trinajstić information content (AvgIpc) is 3.53. The molecule has 14 heteroatoms. The van der Waals surface area contributed by atoms with Gasteiger partial charge in [-0.25, -0.2) is 14.2 Å². The van der Waals surface area contributed by atoms with Crippen LogP contribution in [0, 0.1) is 11.7 Å². The molecule has 9 nitrogen and oxygen atoms in total. The zero-order chi connectivity index (χ0) is 33.0. The van der Waals surface area contributed by atoms with Gasteiger partial charge in [0, 0.05) is 56.0 Å². The van der Waals surface area contributed by atoms with Crippen LogP contribution in [0.15, 0.2) is 55.1 Å². The highest BCUT2D eigenvalue weighted by Gasteiger charge is 2.65. The van der Waals surface area contributed by atoms with Gasteiger partial charge in [0.05, 0.1) is 39.3 Å². The van der Waals surface area contributed by atoms with Crippen LogP contribution in [0.25, 0.3) is 11.3 Å². The molecule has 4 aromatic rings. The van der Waals surface area contributed by atoms with Crippen LogP contribution in [0.4, 0.5) is 17.6 Å². The monoisotopic (exact) mass is 657 g/mol. The van der Waals surface area contributed by atoms with Gasteiger partial charge in [0.15, 0.2) is 0 Å². The maximum atomic E-state index is 15.3. The first-order valence-electron chi connectivity index (χ1n) is 14.6. The summed E-state index contributed by atoms with van der Waals surface area (Å²) in [7, 11) is 1.66. The van der Waals surface area contributed by atoms with Crippen LogP contribution in [0.1, 0.15) is 56.8 Å². The number of carboxylic acid groups (broad SMARTS) is 1. The van der Waals surface area contributed by atoms with Gasteiger partial charge in [-0.15, -0.1) is 0 Å². The third-order valence-corrected chi connectivity index (χ3v) is 9.26. The molecule has 46 heavy (non-hydrogen) atoms. The van der Waals surface area contributed by atoms with Gasteiger partial charge in [0.25, 0.3) is 5.91 Å². The number of hydrogen-bond acceptors (Lipinski definition) is 5. The lowest BCUT2D eigenvalue weighted by molar-refractivity contribution is -0.160. The number of alkyl halides is 3. The number of amides is 1. The number of benzene rings is 2. The highest BCUT2D eigenvalue weighted by atomic mass is 35.5. The molecule has 1 fully saturated rings. The summed E-state index contributed by atoms with van der Waals surface area (Å²) in [5.74, 6) is -3.95. The number of hydrogen-bond donors (Lipinski definition) is 1. The van der Waals surface area contributed by atoms with Crippen LogP contribution in [0.3, 0.4) is 0 Å². The normalized spacial score (nSPS) is 17.0. The Kier molecular flexibility index (Phi) is 7.99. The molecule has 2 aromatic carbocycles. The number of imidazole rings is 1. The Morgan fingerprint density at radius 1 is 1.17 bits per heavy atom. The highest BCUT2D eigenvalue weighted by Crippen LogP contribution is 2.60. The maximum Gasteiger partial charge on any atom is 0.398 e. The van der Waals surface area contributed by atoms with E-state index < -0.39 is 35.2 Å². The van der Waals surface area contributed by atoms with E-state index in [1.165, 1.54) is 30.3 Å². The van der Waals surface area contributed by atoms with Gasteiger partial charge in [-0.2, -0.15) is 23.0 Å². The van der Waals surface area contributed by atoms with E-state index in [-0.39, 0.29) is 70.3 Å². The largest absolute Gasteiger partial charge is 0.478 e. The summed E-state index contributed by atoms with van der Waals surface area (Å²) in [6.45, 7) is 0.883. The van der Waals surface area contributed by atoms with Crippen molar-refractivity contribution in [2.75, 3.05) is 13.6 Å². The lowest BCUT2D eigenvalue weighted by Gasteiger charge is -2.28. The van der Waals surface area contributed by atoms with Crippen LogP contribution in [0.2, 0.25) is 5.02 Å². The molecule has 0 aliphatic heterocycles. The smallest absolute Gasteiger partial charge is 0.398 e. The summed E-state index contributed by atoms with van der Waals surface area (Å²) in [6, 6.07) is 7.20. The molecule has 2 heterocycles. The predicted octanol–water partition coefficient (Wildman–Crippen LogP) is 5.78. The molecule has 2 aliphatic rings. The van der Waals surface area contributed by atoms with Crippen molar-refractivity contribution < 1.29 is 37.1 Å². The second kappa shape index (κ2) is 11.7. The Hall–Kier alpha value is -4.52. The predicted molar refractivity (Wildman–Crippen MR) is 158 cm³/mol. The summed E-state index contributed by atoms with van der Waals surface area (Å²) < 4.78 is 60.8. The fourth-order valence-electron chi connectivity index (χ4n) is 6.23. The van der Waals surface area contributed by atoms with Crippen LogP contribution >= 0.6 is 11.6 Å². The fraction of sp³-hybridized carbons (Fsp3) is 0.344. The molecule has 6 rings (SSSR count). The molecule has 0 radical (unpaired) electrons. The Labute approximate surface area is 265 Å². The number of rotatable bonds is 8. The van der Waals surface area contributed by atoms with E-state index in [1.807, 2.05) is 4.57 Å². The van der Waals surface area contributed by atoms with Gasteiger partial charge < -0.3 is 14.6 Å². The van der Waals surface area contributed by atoms with Crippen molar-refractivity contribution in [1.29, 1.82) is 0 Å². The van der Waals surface area contributed by atoms with Crippen molar-refractivity contribution in [2.24, 2.45) is 5.92 Å². The molecule has 1 amide bonds. The number of likely N-dealkylation sites (N-methyl/N-ethyl adjacent to an activating group) is 1. The first-order chi connectivity index (χ1) is 21.8. The van der Waals surface area contributed by atoms with Gasteiger partial charge in [0.1, 0.15) is 5.82 Å². The summed E-state index contributed by atoms with van der Waals surface area (Å²) in [5, 5.41) is 13.5. The lowest BCUT2D eigenvalue weighted by Crippen LogP contribution is -2.38. The van der Waals surface area contributed by atoms with Gasteiger partial charge in [-0.1, -0.05) is 23.7 Å². The summed E-state index contributed by atoms with van der Waals surface area (Å²) in [5.41, 5.74) is -2.47. The lowest BCUT2D eigenvalue weighted by atomic mass is 9.84. The first kappa shape index (κ1) is 31.5. The number of fused-ring (bicyclic) bond motifs is 1. The average molecular weight is 658 g/mol. The van der Waals surface area contributed by atoms with Gasteiger partial charge in [0.2, 0.25) is 5.91 Å². The molecule has 0 bridgehead atoms. The van der Waals surface area contributed by atoms with Gasteiger partial charge in [-0.3, -0.25) is 9.59 Å². The van der Waals surface area contributed by atoms with Crippen LogP contribution < -0.4 is 0 Å². The van der Waals surface area contributed by atoms with Crippen molar-refractivity contribution >= 4 is 29.4 Å². The Morgan fingerprint density at radius 3 is 2.57 bits per heavy atom.